The number of hydrogen-bond acceptors (Lipinski definition) is 4. The van der Waals surface area contributed by atoms with Crippen LogP contribution in [0.25, 0.3) is 0 Å². The SMILES string of the molecule is C[C@]12CC(F)C3c4ccc(O)cc4CC(CCCCCCN(CC4CCCCC4)C(=O)c4ccc(C#N)cc4)C3C1CCC2O. The molecule has 0 heterocycles. The molecule has 2 aromatic rings. The van der Waals surface area contributed by atoms with Crippen molar-refractivity contribution in [3.63, 3.8) is 0 Å². The Bertz CT molecular complexity index is 1370. The number of alkyl halides is 1. The van der Waals surface area contributed by atoms with Gasteiger partial charge in [-0.3, -0.25) is 4.79 Å². The molecule has 1 amide bonds. The lowest BCUT2D eigenvalue weighted by atomic mass is 9.51. The van der Waals surface area contributed by atoms with E-state index in [9.17, 15) is 15.0 Å². The summed E-state index contributed by atoms with van der Waals surface area (Å²) in [5.74, 6) is 1.65. The Morgan fingerprint density at radius 2 is 1.78 bits per heavy atom. The highest BCUT2D eigenvalue weighted by atomic mass is 19.1. The summed E-state index contributed by atoms with van der Waals surface area (Å²) in [6, 6.07) is 14.7. The van der Waals surface area contributed by atoms with E-state index in [0.717, 1.165) is 75.6 Å². The average molecular weight is 615 g/mol. The van der Waals surface area contributed by atoms with Crippen molar-refractivity contribution in [2.45, 2.75) is 115 Å². The van der Waals surface area contributed by atoms with Crippen molar-refractivity contribution in [1.29, 1.82) is 5.26 Å². The number of aromatic hydroxyl groups is 1. The van der Waals surface area contributed by atoms with Gasteiger partial charge in [-0.2, -0.15) is 5.26 Å². The summed E-state index contributed by atoms with van der Waals surface area (Å²) in [6.07, 6.45) is 13.0. The van der Waals surface area contributed by atoms with Crippen molar-refractivity contribution >= 4 is 5.91 Å². The van der Waals surface area contributed by atoms with E-state index < -0.39 is 12.3 Å². The number of rotatable bonds is 10. The molecule has 4 aliphatic carbocycles. The van der Waals surface area contributed by atoms with Crippen LogP contribution in [0, 0.1) is 40.4 Å². The van der Waals surface area contributed by atoms with Gasteiger partial charge >= 0.3 is 0 Å². The first kappa shape index (κ1) is 32.0. The number of carbonyl (C=O) groups is 1. The van der Waals surface area contributed by atoms with E-state index in [-0.39, 0.29) is 28.9 Å². The third-order valence-electron chi connectivity index (χ3n) is 12.3. The Labute approximate surface area is 268 Å². The number of phenolic OH excluding ortho intramolecular Hbond substituents is 1. The van der Waals surface area contributed by atoms with Crippen molar-refractivity contribution in [3.8, 4) is 11.8 Å². The smallest absolute Gasteiger partial charge is 0.253 e. The molecule has 3 saturated carbocycles. The van der Waals surface area contributed by atoms with E-state index in [1.807, 2.05) is 12.1 Å². The molecule has 7 atom stereocenters. The second-order valence-corrected chi connectivity index (χ2v) is 15.0. The molecule has 0 spiro atoms. The summed E-state index contributed by atoms with van der Waals surface area (Å²) in [6.45, 7) is 3.68. The van der Waals surface area contributed by atoms with Crippen LogP contribution in [-0.4, -0.2) is 46.4 Å². The maximum atomic E-state index is 16.1. The zero-order valence-corrected chi connectivity index (χ0v) is 27.0. The maximum absolute atomic E-state index is 16.1. The summed E-state index contributed by atoms with van der Waals surface area (Å²) in [7, 11) is 0. The fraction of sp³-hybridized carbons (Fsp3) is 0.641. The van der Waals surface area contributed by atoms with Crippen LogP contribution in [0.15, 0.2) is 42.5 Å². The number of fused-ring (bicyclic) bond motifs is 5. The van der Waals surface area contributed by atoms with Gasteiger partial charge in [-0.15, -0.1) is 0 Å². The summed E-state index contributed by atoms with van der Waals surface area (Å²) in [4.78, 5) is 15.6. The molecule has 0 aromatic heterocycles. The highest BCUT2D eigenvalue weighted by Crippen LogP contribution is 2.63. The van der Waals surface area contributed by atoms with E-state index in [2.05, 4.69) is 17.9 Å². The van der Waals surface area contributed by atoms with Gasteiger partial charge in [0, 0.05) is 24.6 Å². The zero-order chi connectivity index (χ0) is 31.6. The highest BCUT2D eigenvalue weighted by molar-refractivity contribution is 5.94. The number of nitrogens with zero attached hydrogens (tertiary/aromatic N) is 2. The minimum absolute atomic E-state index is 0.0695. The molecule has 4 aliphatic rings. The van der Waals surface area contributed by atoms with Gasteiger partial charge in [-0.25, -0.2) is 4.39 Å². The Balaban J connectivity index is 1.08. The van der Waals surface area contributed by atoms with Crippen LogP contribution in [0.1, 0.15) is 123 Å². The second-order valence-electron chi connectivity index (χ2n) is 15.0. The largest absolute Gasteiger partial charge is 0.508 e. The van der Waals surface area contributed by atoms with Gasteiger partial charge in [0.2, 0.25) is 0 Å². The summed E-state index contributed by atoms with van der Waals surface area (Å²) < 4.78 is 16.1. The number of carbonyl (C=O) groups excluding carboxylic acids is 1. The average Bonchev–Trinajstić information content (AvgIpc) is 3.34. The predicted octanol–water partition coefficient (Wildman–Crippen LogP) is 8.33. The zero-order valence-electron chi connectivity index (χ0n) is 27.0. The van der Waals surface area contributed by atoms with E-state index in [1.165, 1.54) is 32.1 Å². The Hall–Kier alpha value is -2.91. The molecule has 0 saturated heterocycles. The molecule has 5 nitrogen and oxygen atoms in total. The molecule has 6 unspecified atom stereocenters. The maximum Gasteiger partial charge on any atom is 0.253 e. The van der Waals surface area contributed by atoms with Crippen molar-refractivity contribution in [1.82, 2.24) is 4.90 Å². The van der Waals surface area contributed by atoms with Crippen LogP contribution in [-0.2, 0) is 6.42 Å². The number of hydrogen-bond donors (Lipinski definition) is 2. The van der Waals surface area contributed by atoms with Crippen LogP contribution in [0.5, 0.6) is 5.75 Å². The Morgan fingerprint density at radius 1 is 1.02 bits per heavy atom. The Kier molecular flexibility index (Phi) is 9.85. The molecule has 0 bridgehead atoms. The first-order valence-electron chi connectivity index (χ1n) is 17.7. The first-order valence-corrected chi connectivity index (χ1v) is 17.7. The van der Waals surface area contributed by atoms with Crippen LogP contribution in [0.2, 0.25) is 0 Å². The van der Waals surface area contributed by atoms with Crippen molar-refractivity contribution < 1.29 is 19.4 Å². The molecular formula is C39H51FN2O3. The molecule has 6 rings (SSSR count). The van der Waals surface area contributed by atoms with E-state index in [1.54, 1.807) is 30.3 Å². The van der Waals surface area contributed by atoms with Gasteiger partial charge in [-0.1, -0.05) is 51.5 Å². The number of aliphatic hydroxyl groups excluding tert-OH is 1. The minimum atomic E-state index is -0.973. The van der Waals surface area contributed by atoms with Gasteiger partial charge in [0.1, 0.15) is 11.9 Å². The first-order chi connectivity index (χ1) is 21.8. The molecule has 45 heavy (non-hydrogen) atoms. The standard InChI is InChI=1S/C39H51FN2O3/c1-39-23-34(40)37-32-17-16-31(43)22-30(32)21-29(36(37)33(39)18-19-35(39)44)11-7-2-3-8-20-42(25-27-9-5-4-6-10-27)38(45)28-14-12-26(24-41)13-15-28/h12-17,22,27,29,33-37,43-44H,2-11,18-21,23,25H2,1H3/t29?,33?,34?,35?,36?,37?,39-/m0/s1. The highest BCUT2D eigenvalue weighted by Gasteiger charge is 2.59. The fourth-order valence-electron chi connectivity index (χ4n) is 9.92. The van der Waals surface area contributed by atoms with Crippen LogP contribution < -0.4 is 0 Å². The minimum Gasteiger partial charge on any atom is -0.508 e. The third kappa shape index (κ3) is 6.66. The lowest BCUT2D eigenvalue weighted by Crippen LogP contribution is -2.51. The number of unbranched alkanes of at least 4 members (excludes halogenated alkanes) is 3. The number of aliphatic hydroxyl groups is 1. The molecule has 0 aliphatic heterocycles. The lowest BCUT2D eigenvalue weighted by molar-refractivity contribution is -0.0722. The molecule has 6 heteroatoms. The summed E-state index contributed by atoms with van der Waals surface area (Å²) in [5.41, 5.74) is 3.06. The number of halogens is 1. The Morgan fingerprint density at radius 3 is 2.53 bits per heavy atom. The fourth-order valence-corrected chi connectivity index (χ4v) is 9.92. The van der Waals surface area contributed by atoms with Crippen molar-refractivity contribution in [2.24, 2.45) is 29.1 Å². The van der Waals surface area contributed by atoms with E-state index >= 15 is 4.39 Å². The van der Waals surface area contributed by atoms with Gasteiger partial charge in [-0.05, 0) is 128 Å². The van der Waals surface area contributed by atoms with E-state index in [4.69, 9.17) is 5.26 Å². The lowest BCUT2D eigenvalue weighted by Gasteiger charge is -2.54. The number of phenols is 1. The topological polar surface area (TPSA) is 84.6 Å². The number of benzene rings is 2. The molecule has 2 N–H and O–H groups in total. The van der Waals surface area contributed by atoms with Crippen LogP contribution in [0.4, 0.5) is 4.39 Å². The molecule has 0 radical (unpaired) electrons. The quantitative estimate of drug-likeness (QED) is 0.264. The van der Waals surface area contributed by atoms with E-state index in [0.29, 0.717) is 35.3 Å². The van der Waals surface area contributed by atoms with Gasteiger partial charge in [0.05, 0.1) is 17.7 Å². The second kappa shape index (κ2) is 13.8. The number of nitriles is 1. The van der Waals surface area contributed by atoms with Crippen LogP contribution >= 0.6 is 0 Å². The summed E-state index contributed by atoms with van der Waals surface area (Å²) >= 11 is 0. The third-order valence-corrected chi connectivity index (χ3v) is 12.3. The van der Waals surface area contributed by atoms with Crippen molar-refractivity contribution in [3.05, 3.63) is 64.7 Å². The van der Waals surface area contributed by atoms with Crippen molar-refractivity contribution in [2.75, 3.05) is 13.1 Å². The van der Waals surface area contributed by atoms with Gasteiger partial charge in [0.25, 0.3) is 5.91 Å². The van der Waals surface area contributed by atoms with Gasteiger partial charge in [0.15, 0.2) is 0 Å². The number of amides is 1. The summed E-state index contributed by atoms with van der Waals surface area (Å²) in [5, 5.41) is 30.3. The van der Waals surface area contributed by atoms with Crippen LogP contribution in [0.3, 0.4) is 0 Å². The molecule has 242 valence electrons. The van der Waals surface area contributed by atoms with Gasteiger partial charge < -0.3 is 15.1 Å². The predicted molar refractivity (Wildman–Crippen MR) is 175 cm³/mol. The monoisotopic (exact) mass is 614 g/mol. The normalized spacial score (nSPS) is 31.0. The molecule has 3 fully saturated rings. The molecule has 2 aromatic carbocycles. The molecular weight excluding hydrogens is 563 g/mol.